The van der Waals surface area contributed by atoms with E-state index in [4.69, 9.17) is 5.11 Å². The van der Waals surface area contributed by atoms with Gasteiger partial charge in [0.25, 0.3) is 0 Å². The normalized spacial score (nSPS) is 38.6. The molecule has 0 aromatic carbocycles. The van der Waals surface area contributed by atoms with Crippen LogP contribution in [0.5, 0.6) is 0 Å². The standard InChI is InChI=1S/C12H23NO/c1-13-7-3-5-12(6-8-13)10-11(12)4-2-9-14/h11,14H,2-10H2,1H3. The predicted octanol–water partition coefficient (Wildman–Crippen LogP) is 1.88. The van der Waals surface area contributed by atoms with Crippen molar-refractivity contribution in [2.75, 3.05) is 26.7 Å². The molecule has 0 amide bonds. The van der Waals surface area contributed by atoms with Crippen LogP contribution >= 0.6 is 0 Å². The molecule has 2 aliphatic rings. The van der Waals surface area contributed by atoms with Gasteiger partial charge in [0.2, 0.25) is 0 Å². The van der Waals surface area contributed by atoms with Crippen LogP contribution in [0.1, 0.15) is 38.5 Å². The molecule has 14 heavy (non-hydrogen) atoms. The first-order valence-corrected chi connectivity index (χ1v) is 6.06. The summed E-state index contributed by atoms with van der Waals surface area (Å²) < 4.78 is 0. The van der Waals surface area contributed by atoms with E-state index in [-0.39, 0.29) is 0 Å². The van der Waals surface area contributed by atoms with E-state index in [1.54, 1.807) is 0 Å². The van der Waals surface area contributed by atoms with Crippen molar-refractivity contribution >= 4 is 0 Å². The van der Waals surface area contributed by atoms with Gasteiger partial charge in [-0.15, -0.1) is 0 Å². The molecule has 2 fully saturated rings. The molecule has 1 N–H and O–H groups in total. The Balaban J connectivity index is 1.80. The van der Waals surface area contributed by atoms with Gasteiger partial charge in [0, 0.05) is 6.61 Å². The van der Waals surface area contributed by atoms with Gasteiger partial charge in [0.05, 0.1) is 0 Å². The third-order valence-corrected chi connectivity index (χ3v) is 4.28. The highest BCUT2D eigenvalue weighted by Gasteiger charge is 2.52. The summed E-state index contributed by atoms with van der Waals surface area (Å²) in [5, 5.41) is 8.82. The monoisotopic (exact) mass is 197 g/mol. The lowest BCUT2D eigenvalue weighted by Crippen LogP contribution is -2.19. The second-order valence-corrected chi connectivity index (χ2v) is 5.29. The average molecular weight is 197 g/mol. The van der Waals surface area contributed by atoms with Crippen LogP contribution in [-0.4, -0.2) is 36.8 Å². The highest BCUT2D eigenvalue weighted by atomic mass is 16.2. The summed E-state index contributed by atoms with van der Waals surface area (Å²) in [4.78, 5) is 2.47. The van der Waals surface area contributed by atoms with Crippen molar-refractivity contribution < 1.29 is 5.11 Å². The van der Waals surface area contributed by atoms with E-state index in [0.29, 0.717) is 12.0 Å². The number of aliphatic hydroxyl groups is 1. The minimum Gasteiger partial charge on any atom is -0.396 e. The fourth-order valence-corrected chi connectivity index (χ4v) is 3.14. The quantitative estimate of drug-likeness (QED) is 0.746. The van der Waals surface area contributed by atoms with Crippen molar-refractivity contribution in [1.82, 2.24) is 4.90 Å². The van der Waals surface area contributed by atoms with Crippen molar-refractivity contribution in [2.45, 2.75) is 38.5 Å². The molecular formula is C12H23NO. The first kappa shape index (κ1) is 10.4. The van der Waals surface area contributed by atoms with Crippen molar-refractivity contribution in [3.05, 3.63) is 0 Å². The number of rotatable bonds is 3. The minimum atomic E-state index is 0.381. The van der Waals surface area contributed by atoms with Crippen molar-refractivity contribution in [3.63, 3.8) is 0 Å². The smallest absolute Gasteiger partial charge is 0.0431 e. The summed E-state index contributed by atoms with van der Waals surface area (Å²) in [6.45, 7) is 2.95. The lowest BCUT2D eigenvalue weighted by Gasteiger charge is -2.14. The SMILES string of the molecule is CN1CCCC2(CC1)CC2CCCO. The Bertz CT molecular complexity index is 195. The topological polar surface area (TPSA) is 23.5 Å². The molecule has 1 saturated heterocycles. The molecule has 1 saturated carbocycles. The predicted molar refractivity (Wildman–Crippen MR) is 58.2 cm³/mol. The number of hydrogen-bond acceptors (Lipinski definition) is 2. The lowest BCUT2D eigenvalue weighted by molar-refractivity contribution is 0.272. The molecule has 2 rings (SSSR count). The third kappa shape index (κ3) is 2.12. The summed E-state index contributed by atoms with van der Waals surface area (Å²) in [5.74, 6) is 0.946. The molecule has 0 bridgehead atoms. The maximum absolute atomic E-state index is 8.82. The Morgan fingerprint density at radius 3 is 3.00 bits per heavy atom. The van der Waals surface area contributed by atoms with Crippen LogP contribution in [0.2, 0.25) is 0 Å². The molecule has 1 aliphatic carbocycles. The van der Waals surface area contributed by atoms with Crippen LogP contribution in [0.3, 0.4) is 0 Å². The maximum Gasteiger partial charge on any atom is 0.0431 e. The summed E-state index contributed by atoms with van der Waals surface area (Å²) in [7, 11) is 2.24. The van der Waals surface area contributed by atoms with E-state index in [1.807, 2.05) is 0 Å². The molecule has 0 aromatic heterocycles. The van der Waals surface area contributed by atoms with Crippen LogP contribution in [0.15, 0.2) is 0 Å². The zero-order valence-corrected chi connectivity index (χ0v) is 9.34. The molecule has 2 unspecified atom stereocenters. The van der Waals surface area contributed by atoms with Gasteiger partial charge in [-0.25, -0.2) is 0 Å². The lowest BCUT2D eigenvalue weighted by atomic mass is 9.93. The first-order chi connectivity index (χ1) is 6.77. The number of likely N-dealkylation sites (tertiary alicyclic amines) is 1. The molecule has 2 nitrogen and oxygen atoms in total. The Hall–Kier alpha value is -0.0800. The van der Waals surface area contributed by atoms with Gasteiger partial charge < -0.3 is 10.0 Å². The van der Waals surface area contributed by atoms with Crippen molar-refractivity contribution in [1.29, 1.82) is 0 Å². The Kier molecular flexibility index (Phi) is 3.13. The molecular weight excluding hydrogens is 174 g/mol. The molecule has 1 aliphatic heterocycles. The Labute approximate surface area is 87.3 Å². The van der Waals surface area contributed by atoms with Crippen LogP contribution < -0.4 is 0 Å². The average Bonchev–Trinajstić information content (AvgIpc) is 2.89. The van der Waals surface area contributed by atoms with Crippen molar-refractivity contribution in [2.24, 2.45) is 11.3 Å². The van der Waals surface area contributed by atoms with Gasteiger partial charge in [-0.05, 0) is 70.0 Å². The minimum absolute atomic E-state index is 0.381. The van der Waals surface area contributed by atoms with Gasteiger partial charge in [-0.1, -0.05) is 0 Å². The Morgan fingerprint density at radius 2 is 2.21 bits per heavy atom. The van der Waals surface area contributed by atoms with E-state index >= 15 is 0 Å². The zero-order chi connectivity index (χ0) is 10.0. The van der Waals surface area contributed by atoms with E-state index < -0.39 is 0 Å². The molecule has 82 valence electrons. The maximum atomic E-state index is 8.82. The van der Waals surface area contributed by atoms with E-state index in [1.165, 1.54) is 45.2 Å². The fourth-order valence-electron chi connectivity index (χ4n) is 3.14. The highest BCUT2D eigenvalue weighted by molar-refractivity contribution is 5.02. The highest BCUT2D eigenvalue weighted by Crippen LogP contribution is 2.61. The molecule has 2 heteroatoms. The first-order valence-electron chi connectivity index (χ1n) is 6.06. The molecule has 0 radical (unpaired) electrons. The van der Waals surface area contributed by atoms with E-state index in [9.17, 15) is 0 Å². The summed E-state index contributed by atoms with van der Waals surface area (Å²) in [6, 6.07) is 0. The van der Waals surface area contributed by atoms with Gasteiger partial charge in [-0.2, -0.15) is 0 Å². The molecule has 1 heterocycles. The third-order valence-electron chi connectivity index (χ3n) is 4.28. The summed E-state index contributed by atoms with van der Waals surface area (Å²) in [6.07, 6.45) is 7.95. The van der Waals surface area contributed by atoms with E-state index in [0.717, 1.165) is 12.3 Å². The zero-order valence-electron chi connectivity index (χ0n) is 9.34. The second-order valence-electron chi connectivity index (χ2n) is 5.29. The van der Waals surface area contributed by atoms with Crippen molar-refractivity contribution in [3.8, 4) is 0 Å². The molecule has 0 aromatic rings. The number of aliphatic hydroxyl groups excluding tert-OH is 1. The Morgan fingerprint density at radius 1 is 1.36 bits per heavy atom. The number of hydrogen-bond donors (Lipinski definition) is 1. The van der Waals surface area contributed by atoms with Gasteiger partial charge >= 0.3 is 0 Å². The van der Waals surface area contributed by atoms with Gasteiger partial charge in [0.1, 0.15) is 0 Å². The van der Waals surface area contributed by atoms with Crippen LogP contribution in [0.4, 0.5) is 0 Å². The fraction of sp³-hybridized carbons (Fsp3) is 1.00. The van der Waals surface area contributed by atoms with Crippen LogP contribution in [-0.2, 0) is 0 Å². The largest absolute Gasteiger partial charge is 0.396 e. The van der Waals surface area contributed by atoms with Gasteiger partial charge in [-0.3, -0.25) is 0 Å². The molecule has 2 atom stereocenters. The van der Waals surface area contributed by atoms with Crippen LogP contribution in [0.25, 0.3) is 0 Å². The van der Waals surface area contributed by atoms with Crippen LogP contribution in [0, 0.1) is 11.3 Å². The second kappa shape index (κ2) is 4.19. The number of nitrogens with zero attached hydrogens (tertiary/aromatic N) is 1. The summed E-state index contributed by atoms with van der Waals surface area (Å²) in [5.41, 5.74) is 0.708. The summed E-state index contributed by atoms with van der Waals surface area (Å²) >= 11 is 0. The molecule has 1 spiro atoms. The van der Waals surface area contributed by atoms with E-state index in [2.05, 4.69) is 11.9 Å². The van der Waals surface area contributed by atoms with Gasteiger partial charge in [0.15, 0.2) is 0 Å².